The van der Waals surface area contributed by atoms with Crippen molar-refractivity contribution in [1.29, 1.82) is 0 Å². The van der Waals surface area contributed by atoms with E-state index >= 15 is 0 Å². The van der Waals surface area contributed by atoms with Crippen molar-refractivity contribution in [1.82, 2.24) is 25.1 Å². The van der Waals surface area contributed by atoms with Crippen LogP contribution >= 0.6 is 46.3 Å². The summed E-state index contributed by atoms with van der Waals surface area (Å²) in [7, 11) is 1.79. The van der Waals surface area contributed by atoms with Gasteiger partial charge in [0.05, 0.1) is 27.5 Å². The van der Waals surface area contributed by atoms with E-state index in [0.29, 0.717) is 31.7 Å². The van der Waals surface area contributed by atoms with Crippen LogP contribution in [0.3, 0.4) is 0 Å². The van der Waals surface area contributed by atoms with Crippen molar-refractivity contribution in [2.24, 2.45) is 7.05 Å². The van der Waals surface area contributed by atoms with E-state index in [4.69, 9.17) is 23.2 Å². The zero-order chi connectivity index (χ0) is 25.8. The Hall–Kier alpha value is -2.92. The number of carbonyl (C=O) groups is 2. The summed E-state index contributed by atoms with van der Waals surface area (Å²) in [5, 5.41) is 15.9. The van der Waals surface area contributed by atoms with Gasteiger partial charge < -0.3 is 15.2 Å². The van der Waals surface area contributed by atoms with Crippen LogP contribution in [0.5, 0.6) is 0 Å². The van der Waals surface area contributed by atoms with E-state index in [1.54, 1.807) is 30.7 Å². The molecule has 0 aliphatic carbocycles. The zero-order valence-electron chi connectivity index (χ0n) is 19.6. The van der Waals surface area contributed by atoms with E-state index in [-0.39, 0.29) is 17.6 Å². The lowest BCUT2D eigenvalue weighted by Gasteiger charge is -2.14. The highest BCUT2D eigenvalue weighted by molar-refractivity contribution is 7.99. The van der Waals surface area contributed by atoms with Gasteiger partial charge >= 0.3 is 0 Å². The molecule has 0 aliphatic rings. The smallest absolute Gasteiger partial charge is 0.251 e. The summed E-state index contributed by atoms with van der Waals surface area (Å²) in [5.74, 6) is 0.175. The van der Waals surface area contributed by atoms with Gasteiger partial charge in [-0.3, -0.25) is 9.59 Å². The number of hydrogen-bond acceptors (Lipinski definition) is 7. The van der Waals surface area contributed by atoms with Crippen LogP contribution in [-0.2, 0) is 11.8 Å². The van der Waals surface area contributed by atoms with Crippen molar-refractivity contribution in [2.75, 3.05) is 11.1 Å². The van der Waals surface area contributed by atoms with Gasteiger partial charge in [-0.2, -0.15) is 0 Å². The molecule has 186 valence electrons. The van der Waals surface area contributed by atoms with Crippen LogP contribution in [0.2, 0.25) is 10.0 Å². The Bertz CT molecular complexity index is 1410. The quantitative estimate of drug-likeness (QED) is 0.265. The molecule has 0 bridgehead atoms. The summed E-state index contributed by atoms with van der Waals surface area (Å²) in [6.45, 7) is 3.78. The Morgan fingerprint density at radius 3 is 2.58 bits per heavy atom. The first-order chi connectivity index (χ1) is 17.2. The molecule has 0 aliphatic heterocycles. The minimum atomic E-state index is -0.428. The maximum atomic E-state index is 12.6. The predicted octanol–water partition coefficient (Wildman–Crippen LogP) is 5.78. The third-order valence-corrected chi connectivity index (χ3v) is 7.85. The Labute approximate surface area is 226 Å². The summed E-state index contributed by atoms with van der Waals surface area (Å²) in [6, 6.07) is 14.1. The number of amides is 2. The Morgan fingerprint density at radius 2 is 1.86 bits per heavy atom. The molecule has 0 radical (unpaired) electrons. The molecule has 36 heavy (non-hydrogen) atoms. The Balaban J connectivity index is 1.34. The van der Waals surface area contributed by atoms with Gasteiger partial charge in [-0.25, -0.2) is 4.98 Å². The van der Waals surface area contributed by atoms with E-state index in [9.17, 15) is 9.59 Å². The third kappa shape index (κ3) is 6.07. The highest BCUT2D eigenvalue weighted by atomic mass is 35.5. The second-order valence-electron chi connectivity index (χ2n) is 7.85. The lowest BCUT2D eigenvalue weighted by Crippen LogP contribution is -2.28. The molecule has 4 rings (SSSR count). The molecule has 2 aromatic carbocycles. The van der Waals surface area contributed by atoms with Crippen LogP contribution in [0.1, 0.15) is 34.0 Å². The number of anilines is 1. The lowest BCUT2D eigenvalue weighted by atomic mass is 10.1. The summed E-state index contributed by atoms with van der Waals surface area (Å²) in [4.78, 5) is 30.7. The van der Waals surface area contributed by atoms with Crippen LogP contribution in [0.4, 0.5) is 5.13 Å². The van der Waals surface area contributed by atoms with Crippen LogP contribution < -0.4 is 10.6 Å². The van der Waals surface area contributed by atoms with E-state index in [0.717, 1.165) is 16.1 Å². The number of nitrogens with zero attached hydrogens (tertiary/aromatic N) is 4. The molecular formula is C24H22Cl2N6O2S2. The number of aromatic nitrogens is 4. The predicted molar refractivity (Wildman–Crippen MR) is 145 cm³/mol. The number of aryl methyl sites for hydroxylation is 1. The molecule has 8 nitrogen and oxygen atoms in total. The van der Waals surface area contributed by atoms with Crippen molar-refractivity contribution in [3.05, 3.63) is 74.8 Å². The normalized spacial score (nSPS) is 11.8. The van der Waals surface area contributed by atoms with Crippen molar-refractivity contribution >= 4 is 63.2 Å². The third-order valence-electron chi connectivity index (χ3n) is 5.21. The van der Waals surface area contributed by atoms with E-state index in [1.165, 1.54) is 29.2 Å². The van der Waals surface area contributed by atoms with Crippen molar-refractivity contribution in [3.63, 3.8) is 0 Å². The molecule has 2 heterocycles. The monoisotopic (exact) mass is 560 g/mol. The summed E-state index contributed by atoms with van der Waals surface area (Å²) in [6.07, 6.45) is 0. The van der Waals surface area contributed by atoms with Gasteiger partial charge in [0.2, 0.25) is 5.91 Å². The first-order valence-corrected chi connectivity index (χ1v) is 13.4. The second kappa shape index (κ2) is 11.4. The number of halogens is 2. The number of thiazole rings is 1. The van der Waals surface area contributed by atoms with Gasteiger partial charge in [0.15, 0.2) is 16.1 Å². The maximum Gasteiger partial charge on any atom is 0.251 e. The van der Waals surface area contributed by atoms with Crippen molar-refractivity contribution in [3.8, 4) is 11.3 Å². The molecular weight excluding hydrogens is 539 g/mol. The minimum Gasteiger partial charge on any atom is -0.342 e. The highest BCUT2D eigenvalue weighted by Gasteiger charge is 2.20. The van der Waals surface area contributed by atoms with Gasteiger partial charge in [0, 0.05) is 23.1 Å². The molecule has 0 spiro atoms. The number of benzene rings is 2. The van der Waals surface area contributed by atoms with Crippen molar-refractivity contribution in [2.45, 2.75) is 25.0 Å². The molecule has 4 aromatic rings. The fourth-order valence-electron chi connectivity index (χ4n) is 3.41. The highest BCUT2D eigenvalue weighted by Crippen LogP contribution is 2.30. The van der Waals surface area contributed by atoms with Crippen LogP contribution in [-0.4, -0.2) is 37.3 Å². The van der Waals surface area contributed by atoms with Gasteiger partial charge in [0.1, 0.15) is 0 Å². The Kier molecular flexibility index (Phi) is 8.30. The van der Waals surface area contributed by atoms with Crippen molar-refractivity contribution < 1.29 is 9.59 Å². The molecule has 12 heteroatoms. The molecule has 0 saturated carbocycles. The lowest BCUT2D eigenvalue weighted by molar-refractivity contribution is -0.113. The average Bonchev–Trinajstić information content (AvgIpc) is 3.41. The molecule has 2 amide bonds. The number of rotatable bonds is 8. The topological polar surface area (TPSA) is 102 Å². The van der Waals surface area contributed by atoms with E-state index in [1.807, 2.05) is 37.3 Å². The number of carbonyl (C=O) groups excluding carboxylic acids is 2. The van der Waals surface area contributed by atoms with Gasteiger partial charge in [-0.05, 0) is 32.0 Å². The second-order valence-corrected chi connectivity index (χ2v) is 10.8. The van der Waals surface area contributed by atoms with Gasteiger partial charge in [-0.15, -0.1) is 21.5 Å². The first kappa shape index (κ1) is 26.2. The summed E-state index contributed by atoms with van der Waals surface area (Å²) in [5.41, 5.74) is 2.25. The fourth-order valence-corrected chi connectivity index (χ4v) is 5.28. The van der Waals surface area contributed by atoms with Gasteiger partial charge in [-0.1, -0.05) is 65.3 Å². The van der Waals surface area contributed by atoms with E-state index < -0.39 is 6.04 Å². The van der Waals surface area contributed by atoms with E-state index in [2.05, 4.69) is 25.8 Å². The number of hydrogen-bond donors (Lipinski definition) is 2. The molecule has 2 aromatic heterocycles. The maximum absolute atomic E-state index is 12.6. The zero-order valence-corrected chi connectivity index (χ0v) is 22.7. The fraction of sp³-hybridized carbons (Fsp3) is 0.208. The number of thioether (sulfide) groups is 1. The first-order valence-electron chi connectivity index (χ1n) is 10.8. The van der Waals surface area contributed by atoms with Crippen LogP contribution in [0.25, 0.3) is 11.3 Å². The molecule has 2 N–H and O–H groups in total. The molecule has 0 unspecified atom stereocenters. The minimum absolute atomic E-state index is 0.134. The van der Waals surface area contributed by atoms with Gasteiger partial charge in [0.25, 0.3) is 5.91 Å². The average molecular weight is 562 g/mol. The molecule has 1 atom stereocenters. The SMILES string of the molecule is Cc1sc(NC(=O)CSc2nnc([C@@H](C)NC(=O)c3ccc(Cl)c(Cl)c3)n2C)nc1-c1ccccc1. The largest absolute Gasteiger partial charge is 0.342 e. The number of nitrogens with one attached hydrogen (secondary N) is 2. The molecule has 0 fully saturated rings. The van der Waals surface area contributed by atoms with Crippen LogP contribution in [0, 0.1) is 6.92 Å². The summed E-state index contributed by atoms with van der Waals surface area (Å²) >= 11 is 14.6. The standard InChI is InChI=1S/C24H22Cl2N6O2S2/c1-13(27-22(34)16-9-10-17(25)18(26)11-16)21-30-31-24(32(21)3)35-12-19(33)28-23-29-20(14(2)36-23)15-7-5-4-6-8-15/h4-11,13H,12H2,1-3H3,(H,27,34)(H,28,29,33)/t13-/m1/s1. The van der Waals surface area contributed by atoms with Crippen LogP contribution in [0.15, 0.2) is 53.7 Å². The summed E-state index contributed by atoms with van der Waals surface area (Å²) < 4.78 is 1.75. The molecule has 0 saturated heterocycles. The Morgan fingerprint density at radius 1 is 1.11 bits per heavy atom.